The van der Waals surface area contributed by atoms with Crippen molar-refractivity contribution in [2.75, 3.05) is 0 Å². The Morgan fingerprint density at radius 1 is 0.419 bits per heavy atom. The molecule has 0 aliphatic carbocycles. The number of hydrogen-bond donors (Lipinski definition) is 0. The Morgan fingerprint density at radius 2 is 0.871 bits per heavy atom. The summed E-state index contributed by atoms with van der Waals surface area (Å²) in [4.78, 5) is 0. The molecule has 31 heavy (non-hydrogen) atoms. The van der Waals surface area contributed by atoms with E-state index in [1.807, 2.05) is 6.07 Å². The average Bonchev–Trinajstić information content (AvgIpc) is 3.28. The van der Waals surface area contributed by atoms with E-state index in [4.69, 9.17) is 10.2 Å². The zero-order valence-electron chi connectivity index (χ0n) is 16.8. The van der Waals surface area contributed by atoms with Gasteiger partial charge in [0.25, 0.3) is 0 Å². The highest BCUT2D eigenvalue weighted by atomic mass is 15.3. The molecule has 6 rings (SSSR count). The Hall–Kier alpha value is -4.24. The van der Waals surface area contributed by atoms with Gasteiger partial charge >= 0.3 is 0 Å². The minimum Gasteiger partial charge on any atom is -0.275 e. The predicted octanol–water partition coefficient (Wildman–Crippen LogP) is 6.91. The first-order chi connectivity index (χ1) is 15.4. The van der Waals surface area contributed by atoms with Gasteiger partial charge in [-0.1, -0.05) is 103 Å². The van der Waals surface area contributed by atoms with Crippen molar-refractivity contribution in [2.24, 2.45) is 0 Å². The largest absolute Gasteiger partial charge is 0.275 e. The van der Waals surface area contributed by atoms with Gasteiger partial charge in [-0.25, -0.2) is 0 Å². The van der Waals surface area contributed by atoms with Gasteiger partial charge in [0.05, 0.1) is 0 Å². The van der Waals surface area contributed by atoms with E-state index >= 15 is 0 Å². The van der Waals surface area contributed by atoms with E-state index < -0.39 is 0 Å². The number of hydrogen-bond acceptors (Lipinski definition) is 2. The summed E-state index contributed by atoms with van der Waals surface area (Å²) in [6.45, 7) is 0. The lowest BCUT2D eigenvalue weighted by molar-refractivity contribution is 1.08. The van der Waals surface area contributed by atoms with Crippen LogP contribution in [0, 0.1) is 0 Å². The summed E-state index contributed by atoms with van der Waals surface area (Å²) in [6.07, 6.45) is 0. The minimum absolute atomic E-state index is 0.839. The van der Waals surface area contributed by atoms with Crippen molar-refractivity contribution in [3.63, 3.8) is 0 Å². The zero-order chi connectivity index (χ0) is 20.6. The molecule has 0 saturated carbocycles. The molecule has 5 aromatic carbocycles. The van der Waals surface area contributed by atoms with Gasteiger partial charge in [-0.15, -0.1) is 10.2 Å². The van der Waals surface area contributed by atoms with Gasteiger partial charge in [0.2, 0.25) is 0 Å². The summed E-state index contributed by atoms with van der Waals surface area (Å²) < 4.78 is 2.17. The number of benzene rings is 5. The highest BCUT2D eigenvalue weighted by Gasteiger charge is 2.19. The first-order valence-electron chi connectivity index (χ1n) is 10.4. The first kappa shape index (κ1) is 17.6. The predicted molar refractivity (Wildman–Crippen MR) is 127 cm³/mol. The molecular formula is C28H19N3. The smallest absolute Gasteiger partial charge is 0.169 e. The van der Waals surface area contributed by atoms with E-state index in [-0.39, 0.29) is 0 Å². The van der Waals surface area contributed by atoms with E-state index in [0.29, 0.717) is 0 Å². The second kappa shape index (κ2) is 7.22. The van der Waals surface area contributed by atoms with Crippen molar-refractivity contribution in [3.05, 3.63) is 115 Å². The Balaban J connectivity index is 1.69. The first-order valence-corrected chi connectivity index (χ1v) is 10.4. The molecule has 1 aromatic heterocycles. The number of fused-ring (bicyclic) bond motifs is 2. The molecule has 0 saturated heterocycles. The summed E-state index contributed by atoms with van der Waals surface area (Å²) >= 11 is 0. The van der Waals surface area contributed by atoms with Crippen molar-refractivity contribution in [3.8, 4) is 28.5 Å². The molecular weight excluding hydrogens is 378 g/mol. The van der Waals surface area contributed by atoms with E-state index in [9.17, 15) is 0 Å². The van der Waals surface area contributed by atoms with Crippen LogP contribution in [0.2, 0.25) is 0 Å². The molecule has 0 aliphatic rings. The average molecular weight is 397 g/mol. The maximum absolute atomic E-state index is 4.71. The maximum Gasteiger partial charge on any atom is 0.169 e. The van der Waals surface area contributed by atoms with Crippen LogP contribution in [-0.4, -0.2) is 14.8 Å². The van der Waals surface area contributed by atoms with Crippen molar-refractivity contribution in [1.29, 1.82) is 0 Å². The standard InChI is InChI=1S/C28H19N3/c1-2-14-22(15-3-1)31-27(25-18-8-12-20-10-4-6-16-23(20)25)29-30-28(31)26-19-9-13-21-11-5-7-17-24(21)26/h1-19H. The van der Waals surface area contributed by atoms with E-state index in [2.05, 4.69) is 114 Å². The van der Waals surface area contributed by atoms with Crippen LogP contribution in [0.15, 0.2) is 115 Å². The van der Waals surface area contributed by atoms with Crippen LogP contribution in [0.5, 0.6) is 0 Å². The lowest BCUT2D eigenvalue weighted by atomic mass is 10.0. The number of aromatic nitrogens is 3. The lowest BCUT2D eigenvalue weighted by Gasteiger charge is -2.13. The van der Waals surface area contributed by atoms with Gasteiger partial charge in [0.15, 0.2) is 11.6 Å². The third kappa shape index (κ3) is 2.90. The topological polar surface area (TPSA) is 30.7 Å². The second-order valence-electron chi connectivity index (χ2n) is 7.57. The van der Waals surface area contributed by atoms with Crippen LogP contribution in [0.4, 0.5) is 0 Å². The fourth-order valence-corrected chi connectivity index (χ4v) is 4.30. The van der Waals surface area contributed by atoms with Crippen LogP contribution in [0.3, 0.4) is 0 Å². The molecule has 0 N–H and O–H groups in total. The third-order valence-corrected chi connectivity index (χ3v) is 5.74. The molecule has 3 heteroatoms. The van der Waals surface area contributed by atoms with E-state index in [0.717, 1.165) is 28.5 Å². The number of rotatable bonds is 3. The molecule has 1 heterocycles. The summed E-state index contributed by atoms with van der Waals surface area (Å²) in [7, 11) is 0. The molecule has 0 aliphatic heterocycles. The summed E-state index contributed by atoms with van der Waals surface area (Å²) in [5.41, 5.74) is 3.18. The van der Waals surface area contributed by atoms with Gasteiger partial charge in [0, 0.05) is 16.8 Å². The summed E-state index contributed by atoms with van der Waals surface area (Å²) in [5, 5.41) is 14.1. The van der Waals surface area contributed by atoms with Crippen LogP contribution in [-0.2, 0) is 0 Å². The number of nitrogens with zero attached hydrogens (tertiary/aromatic N) is 3. The molecule has 6 aromatic rings. The SMILES string of the molecule is c1ccc(-n2c(-c3cccc4ccccc34)nnc2-c2cccc3ccccc23)cc1. The molecule has 0 atom stereocenters. The lowest BCUT2D eigenvalue weighted by Crippen LogP contribution is -2.01. The second-order valence-corrected chi connectivity index (χ2v) is 7.57. The van der Waals surface area contributed by atoms with Crippen LogP contribution >= 0.6 is 0 Å². The van der Waals surface area contributed by atoms with Crippen LogP contribution < -0.4 is 0 Å². The van der Waals surface area contributed by atoms with Crippen molar-refractivity contribution >= 4 is 21.5 Å². The van der Waals surface area contributed by atoms with Gasteiger partial charge in [-0.05, 0) is 33.7 Å². The fourth-order valence-electron chi connectivity index (χ4n) is 4.30. The number of para-hydroxylation sites is 1. The van der Waals surface area contributed by atoms with Crippen LogP contribution in [0.25, 0.3) is 50.0 Å². The molecule has 3 nitrogen and oxygen atoms in total. The van der Waals surface area contributed by atoms with Crippen molar-refractivity contribution in [2.45, 2.75) is 0 Å². The van der Waals surface area contributed by atoms with Gasteiger partial charge < -0.3 is 0 Å². The zero-order valence-corrected chi connectivity index (χ0v) is 16.8. The maximum atomic E-state index is 4.71. The molecule has 0 fully saturated rings. The summed E-state index contributed by atoms with van der Waals surface area (Å²) in [5.74, 6) is 1.68. The Morgan fingerprint density at radius 3 is 1.42 bits per heavy atom. The van der Waals surface area contributed by atoms with Gasteiger partial charge in [-0.3, -0.25) is 4.57 Å². The normalized spacial score (nSPS) is 11.2. The molecule has 0 bridgehead atoms. The molecule has 0 unspecified atom stereocenters. The Kier molecular flexibility index (Phi) is 4.10. The molecule has 0 radical (unpaired) electrons. The monoisotopic (exact) mass is 397 g/mol. The Bertz CT molecular complexity index is 1420. The third-order valence-electron chi connectivity index (χ3n) is 5.74. The highest BCUT2D eigenvalue weighted by Crippen LogP contribution is 2.35. The van der Waals surface area contributed by atoms with Gasteiger partial charge in [0.1, 0.15) is 0 Å². The minimum atomic E-state index is 0.839. The molecule has 0 amide bonds. The Labute approximate surface area is 180 Å². The van der Waals surface area contributed by atoms with E-state index in [1.165, 1.54) is 21.5 Å². The molecule has 0 spiro atoms. The fraction of sp³-hybridized carbons (Fsp3) is 0. The quantitative estimate of drug-likeness (QED) is 0.325. The van der Waals surface area contributed by atoms with Crippen LogP contribution in [0.1, 0.15) is 0 Å². The van der Waals surface area contributed by atoms with Crippen molar-refractivity contribution < 1.29 is 0 Å². The van der Waals surface area contributed by atoms with E-state index in [1.54, 1.807) is 0 Å². The molecule has 146 valence electrons. The summed E-state index contributed by atoms with van der Waals surface area (Å²) in [6, 6.07) is 39.8. The van der Waals surface area contributed by atoms with Crippen molar-refractivity contribution in [1.82, 2.24) is 14.8 Å². The van der Waals surface area contributed by atoms with Gasteiger partial charge in [-0.2, -0.15) is 0 Å². The highest BCUT2D eigenvalue weighted by molar-refractivity contribution is 5.98.